The summed E-state index contributed by atoms with van der Waals surface area (Å²) >= 11 is 0. The molecular formula is C25H23FN4O4. The van der Waals surface area contributed by atoms with Gasteiger partial charge in [-0.05, 0) is 54.1 Å². The zero-order chi connectivity index (χ0) is 24.7. The summed E-state index contributed by atoms with van der Waals surface area (Å²) in [5, 5.41) is 25.5. The predicted octanol–water partition coefficient (Wildman–Crippen LogP) is 3.22. The van der Waals surface area contributed by atoms with Gasteiger partial charge >= 0.3 is 0 Å². The largest absolute Gasteiger partial charge is 0.508 e. The van der Waals surface area contributed by atoms with E-state index in [1.807, 2.05) is 31.1 Å². The van der Waals surface area contributed by atoms with Crippen molar-refractivity contribution in [2.24, 2.45) is 5.10 Å². The number of carbonyl (C=O) groups excluding carboxylic acids is 2. The number of amides is 2. The van der Waals surface area contributed by atoms with Gasteiger partial charge in [0.15, 0.2) is 0 Å². The van der Waals surface area contributed by atoms with Crippen LogP contribution in [0, 0.1) is 5.82 Å². The fraction of sp³-hybridized carbons (Fsp3) is 0.0800. The van der Waals surface area contributed by atoms with E-state index in [0.717, 1.165) is 17.8 Å². The van der Waals surface area contributed by atoms with E-state index in [4.69, 9.17) is 0 Å². The lowest BCUT2D eigenvalue weighted by Gasteiger charge is -2.12. The first kappa shape index (κ1) is 24.0. The van der Waals surface area contributed by atoms with Crippen molar-refractivity contribution in [3.63, 3.8) is 0 Å². The molecular weight excluding hydrogens is 439 g/mol. The van der Waals surface area contributed by atoms with Crippen LogP contribution in [0.4, 0.5) is 10.1 Å². The van der Waals surface area contributed by atoms with E-state index < -0.39 is 17.6 Å². The van der Waals surface area contributed by atoms with Crippen molar-refractivity contribution in [1.82, 2.24) is 10.7 Å². The lowest BCUT2D eigenvalue weighted by atomic mass is 10.1. The molecule has 3 aromatic carbocycles. The van der Waals surface area contributed by atoms with Crippen LogP contribution >= 0.6 is 0 Å². The number of hydrazone groups is 1. The van der Waals surface area contributed by atoms with E-state index in [9.17, 15) is 24.2 Å². The lowest BCUT2D eigenvalue weighted by molar-refractivity contribution is -0.117. The van der Waals surface area contributed by atoms with Crippen LogP contribution in [0.15, 0.2) is 77.5 Å². The van der Waals surface area contributed by atoms with E-state index in [2.05, 4.69) is 15.8 Å². The van der Waals surface area contributed by atoms with Gasteiger partial charge in [0.25, 0.3) is 11.8 Å². The first-order chi connectivity index (χ1) is 16.2. The summed E-state index contributed by atoms with van der Waals surface area (Å²) in [5.74, 6) is -2.35. The maximum absolute atomic E-state index is 13.5. The highest BCUT2D eigenvalue weighted by atomic mass is 19.1. The maximum atomic E-state index is 13.5. The summed E-state index contributed by atoms with van der Waals surface area (Å²) in [6, 6.07) is 16.2. The standard InChI is InChI=1S/C25H23FN4O4/c1-30(2)20-9-6-16(7-10-20)12-22(28-24(33)17-4-3-5-19(26)13-17)25(34)29-27-15-18-8-11-21(31)14-23(18)32/h3-15,31-32H,1-2H3,(H,28,33)(H,29,34)/b22-12-,27-15+. The van der Waals surface area contributed by atoms with Crippen molar-refractivity contribution in [3.8, 4) is 11.5 Å². The van der Waals surface area contributed by atoms with Gasteiger partial charge < -0.3 is 20.4 Å². The van der Waals surface area contributed by atoms with Crippen molar-refractivity contribution >= 4 is 29.8 Å². The molecule has 3 aromatic rings. The average molecular weight is 462 g/mol. The monoisotopic (exact) mass is 462 g/mol. The SMILES string of the molecule is CN(C)c1ccc(/C=C(\NC(=O)c2cccc(F)c2)C(=O)N/N=C/c2ccc(O)cc2O)cc1. The number of hydrogen-bond acceptors (Lipinski definition) is 6. The second-order valence-corrected chi connectivity index (χ2v) is 7.45. The molecule has 0 fully saturated rings. The minimum Gasteiger partial charge on any atom is -0.508 e. The van der Waals surface area contributed by atoms with Gasteiger partial charge in [-0.3, -0.25) is 9.59 Å². The van der Waals surface area contributed by atoms with Crippen LogP contribution in [-0.4, -0.2) is 42.3 Å². The summed E-state index contributed by atoms with van der Waals surface area (Å²) < 4.78 is 13.5. The van der Waals surface area contributed by atoms with Crippen molar-refractivity contribution in [1.29, 1.82) is 0 Å². The van der Waals surface area contributed by atoms with Crippen molar-refractivity contribution < 1.29 is 24.2 Å². The topological polar surface area (TPSA) is 114 Å². The first-order valence-electron chi connectivity index (χ1n) is 10.1. The van der Waals surface area contributed by atoms with Gasteiger partial charge in [0.2, 0.25) is 0 Å². The smallest absolute Gasteiger partial charge is 0.287 e. The second-order valence-electron chi connectivity index (χ2n) is 7.45. The quantitative estimate of drug-likeness (QED) is 0.245. The van der Waals surface area contributed by atoms with Crippen LogP contribution in [0.25, 0.3) is 6.08 Å². The van der Waals surface area contributed by atoms with Crippen molar-refractivity contribution in [2.45, 2.75) is 0 Å². The molecule has 0 saturated carbocycles. The first-order valence-corrected chi connectivity index (χ1v) is 10.1. The summed E-state index contributed by atoms with van der Waals surface area (Å²) in [4.78, 5) is 27.3. The number of hydrogen-bond donors (Lipinski definition) is 4. The molecule has 0 aliphatic carbocycles. The molecule has 0 spiro atoms. The van der Waals surface area contributed by atoms with Crippen molar-refractivity contribution in [2.75, 3.05) is 19.0 Å². The molecule has 0 bridgehead atoms. The number of benzene rings is 3. The Morgan fingerprint density at radius 3 is 2.38 bits per heavy atom. The Labute approximate surface area is 195 Å². The maximum Gasteiger partial charge on any atom is 0.287 e. The summed E-state index contributed by atoms with van der Waals surface area (Å²) in [5.41, 5.74) is 4.04. The Bertz CT molecular complexity index is 1250. The molecule has 0 unspecified atom stereocenters. The van der Waals surface area contributed by atoms with Gasteiger partial charge in [0.05, 0.1) is 6.21 Å². The summed E-state index contributed by atoms with van der Waals surface area (Å²) in [6.07, 6.45) is 2.64. The van der Waals surface area contributed by atoms with Crippen molar-refractivity contribution in [3.05, 3.63) is 94.9 Å². The van der Waals surface area contributed by atoms with Crippen LogP contribution in [0.5, 0.6) is 11.5 Å². The Balaban J connectivity index is 1.84. The van der Waals surface area contributed by atoms with Crippen LogP contribution in [0.2, 0.25) is 0 Å². The second kappa shape index (κ2) is 10.8. The Morgan fingerprint density at radius 1 is 1.00 bits per heavy atom. The fourth-order valence-corrected chi connectivity index (χ4v) is 2.88. The lowest BCUT2D eigenvalue weighted by Crippen LogP contribution is -2.32. The fourth-order valence-electron chi connectivity index (χ4n) is 2.88. The zero-order valence-electron chi connectivity index (χ0n) is 18.5. The average Bonchev–Trinajstić information content (AvgIpc) is 2.80. The number of nitrogens with one attached hydrogen (secondary N) is 2. The Hall–Kier alpha value is -4.66. The molecule has 0 aliphatic rings. The van der Waals surface area contributed by atoms with E-state index in [0.29, 0.717) is 5.56 Å². The predicted molar refractivity (Wildman–Crippen MR) is 128 cm³/mol. The molecule has 0 heterocycles. The number of nitrogens with zero attached hydrogens (tertiary/aromatic N) is 2. The molecule has 4 N–H and O–H groups in total. The summed E-state index contributed by atoms with van der Waals surface area (Å²) in [7, 11) is 3.79. The van der Waals surface area contributed by atoms with E-state index >= 15 is 0 Å². The third-order valence-electron chi connectivity index (χ3n) is 4.68. The van der Waals surface area contributed by atoms with Gasteiger partial charge in [0.1, 0.15) is 23.0 Å². The molecule has 2 amide bonds. The number of carbonyl (C=O) groups is 2. The van der Waals surface area contributed by atoms with Crippen LogP contribution in [0.1, 0.15) is 21.5 Å². The Kier molecular flexibility index (Phi) is 7.60. The molecule has 174 valence electrons. The third kappa shape index (κ3) is 6.42. The van der Waals surface area contributed by atoms with Gasteiger partial charge in [-0.1, -0.05) is 18.2 Å². The number of aromatic hydroxyl groups is 2. The van der Waals surface area contributed by atoms with E-state index in [1.54, 1.807) is 12.1 Å². The molecule has 9 heteroatoms. The molecule has 0 radical (unpaired) electrons. The number of rotatable bonds is 7. The number of phenols is 2. The molecule has 0 atom stereocenters. The molecule has 8 nitrogen and oxygen atoms in total. The highest BCUT2D eigenvalue weighted by molar-refractivity contribution is 6.05. The van der Waals surface area contributed by atoms with Gasteiger partial charge in [-0.15, -0.1) is 0 Å². The number of anilines is 1. The van der Waals surface area contributed by atoms with Gasteiger partial charge in [0, 0.05) is 37.0 Å². The molecule has 0 aromatic heterocycles. The highest BCUT2D eigenvalue weighted by Crippen LogP contribution is 2.20. The number of halogens is 1. The van der Waals surface area contributed by atoms with Gasteiger partial charge in [-0.25, -0.2) is 9.82 Å². The molecule has 3 rings (SSSR count). The van der Waals surface area contributed by atoms with E-state index in [1.165, 1.54) is 42.6 Å². The van der Waals surface area contributed by atoms with Crippen LogP contribution < -0.4 is 15.6 Å². The van der Waals surface area contributed by atoms with Gasteiger partial charge in [-0.2, -0.15) is 5.10 Å². The third-order valence-corrected chi connectivity index (χ3v) is 4.68. The molecule has 0 aliphatic heterocycles. The molecule has 34 heavy (non-hydrogen) atoms. The highest BCUT2D eigenvalue weighted by Gasteiger charge is 2.15. The van der Waals surface area contributed by atoms with Crippen LogP contribution in [-0.2, 0) is 4.79 Å². The summed E-state index contributed by atoms with van der Waals surface area (Å²) in [6.45, 7) is 0. The minimum atomic E-state index is -0.740. The zero-order valence-corrected chi connectivity index (χ0v) is 18.5. The molecule has 0 saturated heterocycles. The Morgan fingerprint density at radius 2 is 1.74 bits per heavy atom. The normalized spacial score (nSPS) is 11.3. The number of phenolic OH excluding ortho intramolecular Hbond substituents is 2. The minimum absolute atomic E-state index is 0.0409. The van der Waals surface area contributed by atoms with Crippen LogP contribution in [0.3, 0.4) is 0 Å². The van der Waals surface area contributed by atoms with E-state index in [-0.39, 0.29) is 28.3 Å².